The summed E-state index contributed by atoms with van der Waals surface area (Å²) in [5, 5.41) is 0. The molecule has 0 atom stereocenters. The van der Waals surface area contributed by atoms with Crippen LogP contribution in [0.3, 0.4) is 0 Å². The molecule has 2 rings (SSSR count). The fraction of sp³-hybridized carbons (Fsp3) is 0.846. The number of rotatable bonds is 2. The first kappa shape index (κ1) is 10.1. The molecule has 0 saturated heterocycles. The predicted octanol–water partition coefficient (Wildman–Crippen LogP) is 2.66. The Hall–Kier alpha value is -0.480. The summed E-state index contributed by atoms with van der Waals surface area (Å²) in [6, 6.07) is 0.817. The van der Waals surface area contributed by atoms with Crippen LogP contribution >= 0.6 is 0 Å². The van der Waals surface area contributed by atoms with Crippen LogP contribution in [0.1, 0.15) is 44.9 Å². The van der Waals surface area contributed by atoms with E-state index in [0.29, 0.717) is 0 Å². The van der Waals surface area contributed by atoms with Gasteiger partial charge in [-0.2, -0.15) is 0 Å². The van der Waals surface area contributed by atoms with E-state index in [2.05, 4.69) is 23.8 Å². The predicted molar refractivity (Wildman–Crippen MR) is 60.0 cm³/mol. The first-order chi connectivity index (χ1) is 6.86. The van der Waals surface area contributed by atoms with E-state index in [9.17, 15) is 0 Å². The monoisotopic (exact) mass is 191 g/mol. The molecule has 0 aliphatic heterocycles. The van der Waals surface area contributed by atoms with Gasteiger partial charge in [0.05, 0.1) is 6.54 Å². The summed E-state index contributed by atoms with van der Waals surface area (Å²) >= 11 is 0. The molecular weight excluding hydrogens is 170 g/mol. The summed E-state index contributed by atoms with van der Waals surface area (Å²) in [6.45, 7) is 0.987. The van der Waals surface area contributed by atoms with E-state index in [1.54, 1.807) is 0 Å². The largest absolute Gasteiger partial charge is 0.292 e. The first-order valence-corrected chi connectivity index (χ1v) is 6.05. The molecule has 2 saturated carbocycles. The van der Waals surface area contributed by atoms with Crippen molar-refractivity contribution in [2.75, 3.05) is 13.6 Å². The molecule has 2 aliphatic rings. The van der Waals surface area contributed by atoms with E-state index < -0.39 is 0 Å². The van der Waals surface area contributed by atoms with Gasteiger partial charge in [-0.25, -0.2) is 0 Å². The minimum absolute atomic E-state index is 0.759. The van der Waals surface area contributed by atoms with Crippen LogP contribution in [0.5, 0.6) is 0 Å². The van der Waals surface area contributed by atoms with Gasteiger partial charge < -0.3 is 0 Å². The third-order valence-electron chi connectivity index (χ3n) is 3.41. The molecule has 0 bridgehead atoms. The van der Waals surface area contributed by atoms with E-state index in [1.807, 2.05) is 0 Å². The van der Waals surface area contributed by atoms with Gasteiger partial charge in [0, 0.05) is 12.0 Å². The zero-order chi connectivity index (χ0) is 9.80. The lowest BCUT2D eigenvalue weighted by Crippen LogP contribution is -2.33. The molecule has 0 amide bonds. The molecule has 1 nitrogen and oxygen atoms in total. The highest BCUT2D eigenvalue weighted by molar-refractivity contribution is 5.10. The van der Waals surface area contributed by atoms with Crippen LogP contribution in [-0.4, -0.2) is 24.5 Å². The standard InChI is InChI=1S/C13H21N/c1-14(11-5-6-12-9-10-12)13-7-3-2-4-8-13/h12-13H,2-4,7-11H2,1H3. The third kappa shape index (κ3) is 3.03. The van der Waals surface area contributed by atoms with Crippen molar-refractivity contribution < 1.29 is 0 Å². The molecule has 0 aromatic carbocycles. The van der Waals surface area contributed by atoms with Crippen molar-refractivity contribution in [2.24, 2.45) is 5.92 Å². The van der Waals surface area contributed by atoms with Crippen molar-refractivity contribution in [3.8, 4) is 11.8 Å². The van der Waals surface area contributed by atoms with Crippen molar-refractivity contribution in [2.45, 2.75) is 51.0 Å². The summed E-state index contributed by atoms with van der Waals surface area (Å²) in [6.07, 6.45) is 9.76. The lowest BCUT2D eigenvalue weighted by molar-refractivity contribution is 0.212. The van der Waals surface area contributed by atoms with Gasteiger partial charge in [-0.15, -0.1) is 0 Å². The fourth-order valence-corrected chi connectivity index (χ4v) is 2.19. The van der Waals surface area contributed by atoms with Gasteiger partial charge in [-0.1, -0.05) is 31.1 Å². The maximum absolute atomic E-state index is 3.33. The van der Waals surface area contributed by atoms with Crippen LogP contribution in [0, 0.1) is 17.8 Å². The average molecular weight is 191 g/mol. The smallest absolute Gasteiger partial charge is 0.0601 e. The minimum atomic E-state index is 0.759. The van der Waals surface area contributed by atoms with Crippen LogP contribution in [0.15, 0.2) is 0 Å². The van der Waals surface area contributed by atoms with E-state index in [-0.39, 0.29) is 0 Å². The fourth-order valence-electron chi connectivity index (χ4n) is 2.19. The van der Waals surface area contributed by atoms with Crippen LogP contribution in [0.2, 0.25) is 0 Å². The Balaban J connectivity index is 1.70. The summed E-state index contributed by atoms with van der Waals surface area (Å²) in [7, 11) is 2.23. The molecule has 0 heterocycles. The molecule has 78 valence electrons. The highest BCUT2D eigenvalue weighted by Crippen LogP contribution is 2.27. The number of hydrogen-bond acceptors (Lipinski definition) is 1. The molecule has 0 unspecified atom stereocenters. The maximum Gasteiger partial charge on any atom is 0.0601 e. The molecule has 1 heteroatoms. The molecule has 0 spiro atoms. The molecular formula is C13H21N. The number of nitrogens with zero attached hydrogens (tertiary/aromatic N) is 1. The normalized spacial score (nSPS) is 23.3. The molecule has 0 aromatic rings. The van der Waals surface area contributed by atoms with Crippen LogP contribution in [0.25, 0.3) is 0 Å². The van der Waals surface area contributed by atoms with Gasteiger partial charge in [0.15, 0.2) is 0 Å². The molecule has 0 radical (unpaired) electrons. The van der Waals surface area contributed by atoms with Crippen molar-refractivity contribution in [1.82, 2.24) is 4.90 Å². The molecule has 0 aromatic heterocycles. The average Bonchev–Trinajstić information content (AvgIpc) is 3.03. The summed E-state index contributed by atoms with van der Waals surface area (Å²) < 4.78 is 0. The molecule has 14 heavy (non-hydrogen) atoms. The van der Waals surface area contributed by atoms with Crippen LogP contribution in [-0.2, 0) is 0 Å². The van der Waals surface area contributed by atoms with Gasteiger partial charge in [0.1, 0.15) is 0 Å². The Labute approximate surface area is 87.9 Å². The van der Waals surface area contributed by atoms with Crippen LogP contribution in [0.4, 0.5) is 0 Å². The van der Waals surface area contributed by atoms with Crippen LogP contribution < -0.4 is 0 Å². The summed E-state index contributed by atoms with van der Waals surface area (Å²) in [5.74, 6) is 7.41. The summed E-state index contributed by atoms with van der Waals surface area (Å²) in [4.78, 5) is 2.45. The number of hydrogen-bond donors (Lipinski definition) is 0. The minimum Gasteiger partial charge on any atom is -0.292 e. The van der Waals surface area contributed by atoms with E-state index in [0.717, 1.165) is 18.5 Å². The van der Waals surface area contributed by atoms with E-state index in [4.69, 9.17) is 0 Å². The first-order valence-electron chi connectivity index (χ1n) is 6.05. The second-order valence-electron chi connectivity index (χ2n) is 4.80. The quantitative estimate of drug-likeness (QED) is 0.607. The van der Waals surface area contributed by atoms with E-state index in [1.165, 1.54) is 44.9 Å². The molecule has 0 N–H and O–H groups in total. The Morgan fingerprint density at radius 2 is 1.79 bits per heavy atom. The second kappa shape index (κ2) is 4.84. The lowest BCUT2D eigenvalue weighted by Gasteiger charge is -2.29. The van der Waals surface area contributed by atoms with E-state index >= 15 is 0 Å². The van der Waals surface area contributed by atoms with Crippen molar-refractivity contribution in [1.29, 1.82) is 0 Å². The Bertz CT molecular complexity index is 225. The van der Waals surface area contributed by atoms with Gasteiger partial charge >= 0.3 is 0 Å². The van der Waals surface area contributed by atoms with Gasteiger partial charge in [0.25, 0.3) is 0 Å². The third-order valence-corrected chi connectivity index (χ3v) is 3.41. The Kier molecular flexibility index (Phi) is 3.48. The second-order valence-corrected chi connectivity index (χ2v) is 4.80. The van der Waals surface area contributed by atoms with Crippen molar-refractivity contribution in [3.05, 3.63) is 0 Å². The van der Waals surface area contributed by atoms with Crippen molar-refractivity contribution >= 4 is 0 Å². The molecule has 2 fully saturated rings. The SMILES string of the molecule is CN(CC#CC1CC1)C1CCCCC1. The van der Waals surface area contributed by atoms with Crippen molar-refractivity contribution in [3.63, 3.8) is 0 Å². The highest BCUT2D eigenvalue weighted by Gasteiger charge is 2.19. The lowest BCUT2D eigenvalue weighted by atomic mass is 9.94. The zero-order valence-electron chi connectivity index (χ0n) is 9.26. The molecule has 2 aliphatic carbocycles. The van der Waals surface area contributed by atoms with Gasteiger partial charge in [-0.3, -0.25) is 4.90 Å². The highest BCUT2D eigenvalue weighted by atomic mass is 15.1. The topological polar surface area (TPSA) is 3.24 Å². The van der Waals surface area contributed by atoms with Gasteiger partial charge in [0.2, 0.25) is 0 Å². The maximum atomic E-state index is 3.33. The van der Waals surface area contributed by atoms with Gasteiger partial charge in [-0.05, 0) is 32.7 Å². The Morgan fingerprint density at radius 3 is 2.43 bits per heavy atom. The Morgan fingerprint density at radius 1 is 1.07 bits per heavy atom. The zero-order valence-corrected chi connectivity index (χ0v) is 9.26. The summed E-state index contributed by atoms with van der Waals surface area (Å²) in [5.41, 5.74) is 0.